The molecule has 3 aromatic rings. The van der Waals surface area contributed by atoms with Crippen LogP contribution in [0.2, 0.25) is 0 Å². The Hall–Kier alpha value is -3.00. The highest BCUT2D eigenvalue weighted by Gasteiger charge is 2.25. The number of pyridine rings is 1. The molecular formula is C18H16N4O3S. The first-order valence-corrected chi connectivity index (χ1v) is 9.05. The van der Waals surface area contributed by atoms with Gasteiger partial charge in [-0.25, -0.2) is 4.98 Å². The van der Waals surface area contributed by atoms with Crippen molar-refractivity contribution in [3.05, 3.63) is 48.5 Å². The van der Waals surface area contributed by atoms with E-state index in [9.17, 15) is 9.59 Å². The Morgan fingerprint density at radius 1 is 1.19 bits per heavy atom. The molecule has 132 valence electrons. The number of carbonyl (C=O) groups excluding carboxylic acids is 2. The smallest absolute Gasteiger partial charge is 0.257 e. The second-order valence-electron chi connectivity index (χ2n) is 5.87. The first-order valence-electron chi connectivity index (χ1n) is 8.23. The van der Waals surface area contributed by atoms with Crippen molar-refractivity contribution in [2.75, 3.05) is 23.3 Å². The van der Waals surface area contributed by atoms with E-state index in [0.717, 1.165) is 5.00 Å². The van der Waals surface area contributed by atoms with E-state index in [1.807, 2.05) is 6.07 Å². The van der Waals surface area contributed by atoms with Gasteiger partial charge < -0.3 is 9.32 Å². The number of amides is 1. The van der Waals surface area contributed by atoms with Crippen LogP contribution in [-0.4, -0.2) is 34.7 Å². The van der Waals surface area contributed by atoms with E-state index in [2.05, 4.69) is 20.2 Å². The molecule has 1 amide bonds. The zero-order valence-electron chi connectivity index (χ0n) is 13.8. The van der Waals surface area contributed by atoms with Crippen molar-refractivity contribution in [2.45, 2.75) is 12.8 Å². The lowest BCUT2D eigenvalue weighted by atomic mass is 10.1. The van der Waals surface area contributed by atoms with E-state index < -0.39 is 0 Å². The number of nitrogens with zero attached hydrogens (tertiary/aromatic N) is 3. The number of furan rings is 1. The van der Waals surface area contributed by atoms with Gasteiger partial charge >= 0.3 is 0 Å². The summed E-state index contributed by atoms with van der Waals surface area (Å²) in [7, 11) is 0. The second-order valence-corrected chi connectivity index (χ2v) is 6.84. The summed E-state index contributed by atoms with van der Waals surface area (Å²) in [6.45, 7) is 1.29. The highest BCUT2D eigenvalue weighted by Crippen LogP contribution is 2.39. The Morgan fingerprint density at radius 2 is 1.96 bits per heavy atom. The number of rotatable bonds is 4. The van der Waals surface area contributed by atoms with Gasteiger partial charge in [0.2, 0.25) is 0 Å². The lowest BCUT2D eigenvalue weighted by Crippen LogP contribution is -2.33. The fourth-order valence-corrected chi connectivity index (χ4v) is 3.80. The van der Waals surface area contributed by atoms with Gasteiger partial charge in [0.25, 0.3) is 5.91 Å². The van der Waals surface area contributed by atoms with Crippen LogP contribution in [0.5, 0.6) is 0 Å². The molecule has 1 aliphatic heterocycles. The molecule has 4 heterocycles. The summed E-state index contributed by atoms with van der Waals surface area (Å²) in [6.07, 6.45) is 5.78. The molecule has 0 aromatic carbocycles. The number of anilines is 2. The quantitative estimate of drug-likeness (QED) is 0.761. The van der Waals surface area contributed by atoms with Crippen LogP contribution < -0.4 is 10.2 Å². The molecule has 1 aliphatic rings. The van der Waals surface area contributed by atoms with Gasteiger partial charge in [-0.05, 0) is 24.3 Å². The molecule has 0 atom stereocenters. The minimum absolute atomic E-state index is 0.243. The topological polar surface area (TPSA) is 88.3 Å². The number of Topliss-reactive ketones (excluding diaryl/α,β-unsaturated/α-hetero) is 1. The Morgan fingerprint density at radius 3 is 2.65 bits per heavy atom. The maximum atomic E-state index is 12.4. The number of thiazole rings is 1. The number of carbonyl (C=O) groups is 2. The molecule has 0 bridgehead atoms. The molecular weight excluding hydrogens is 352 g/mol. The zero-order valence-corrected chi connectivity index (χ0v) is 14.7. The average molecular weight is 368 g/mol. The largest absolute Gasteiger partial charge is 0.463 e. The van der Waals surface area contributed by atoms with E-state index in [4.69, 9.17) is 4.42 Å². The Labute approximate surface area is 153 Å². The Bertz CT molecular complexity index is 911. The highest BCUT2D eigenvalue weighted by atomic mass is 32.1. The monoisotopic (exact) mass is 368 g/mol. The summed E-state index contributed by atoms with van der Waals surface area (Å²) in [6, 6.07) is 6.93. The van der Waals surface area contributed by atoms with Gasteiger partial charge in [-0.1, -0.05) is 11.3 Å². The number of hydrogen-bond donors (Lipinski definition) is 1. The van der Waals surface area contributed by atoms with Crippen molar-refractivity contribution in [3.8, 4) is 11.5 Å². The summed E-state index contributed by atoms with van der Waals surface area (Å²) < 4.78 is 5.50. The van der Waals surface area contributed by atoms with Gasteiger partial charge in [-0.15, -0.1) is 0 Å². The van der Waals surface area contributed by atoms with Gasteiger partial charge in [0.1, 0.15) is 16.5 Å². The van der Waals surface area contributed by atoms with Crippen LogP contribution in [0.3, 0.4) is 0 Å². The molecule has 3 aromatic heterocycles. The predicted molar refractivity (Wildman–Crippen MR) is 98.5 cm³/mol. The molecule has 1 saturated heterocycles. The predicted octanol–water partition coefficient (Wildman–Crippen LogP) is 3.22. The number of ketones is 1. The number of piperidine rings is 1. The van der Waals surface area contributed by atoms with Crippen molar-refractivity contribution in [3.63, 3.8) is 0 Å². The number of aromatic nitrogens is 2. The maximum Gasteiger partial charge on any atom is 0.257 e. The lowest BCUT2D eigenvalue weighted by Gasteiger charge is -2.26. The Balaban J connectivity index is 1.63. The van der Waals surface area contributed by atoms with Gasteiger partial charge in [0.05, 0.1) is 6.26 Å². The van der Waals surface area contributed by atoms with Crippen LogP contribution in [0.1, 0.15) is 23.2 Å². The van der Waals surface area contributed by atoms with E-state index in [1.165, 1.54) is 11.3 Å². The average Bonchev–Trinajstić information content (AvgIpc) is 3.33. The normalized spacial score (nSPS) is 14.5. The molecule has 0 spiro atoms. The third kappa shape index (κ3) is 3.36. The van der Waals surface area contributed by atoms with Crippen LogP contribution in [0.4, 0.5) is 10.1 Å². The van der Waals surface area contributed by atoms with Gasteiger partial charge in [0, 0.05) is 43.9 Å². The standard InChI is InChI=1S/C18H16N4O3S/c23-13-5-9-22(10-6-13)17-15(14-2-1-11-25-14)20-18(26-17)21-16(24)12-3-7-19-8-4-12/h1-4,7-8,11H,5-6,9-10H2,(H,20,21,24). The number of hydrogen-bond acceptors (Lipinski definition) is 7. The van der Waals surface area contributed by atoms with Crippen molar-refractivity contribution in [1.29, 1.82) is 0 Å². The number of nitrogens with one attached hydrogen (secondary N) is 1. The fraction of sp³-hybridized carbons (Fsp3) is 0.222. The summed E-state index contributed by atoms with van der Waals surface area (Å²) in [5, 5.41) is 4.23. The third-order valence-corrected chi connectivity index (χ3v) is 5.17. The molecule has 7 nitrogen and oxygen atoms in total. The molecule has 0 radical (unpaired) electrons. The van der Waals surface area contributed by atoms with E-state index in [1.54, 1.807) is 36.9 Å². The minimum Gasteiger partial charge on any atom is -0.463 e. The molecule has 8 heteroatoms. The maximum absolute atomic E-state index is 12.4. The first kappa shape index (κ1) is 16.5. The first-order chi connectivity index (χ1) is 12.7. The molecule has 0 unspecified atom stereocenters. The van der Waals surface area contributed by atoms with E-state index in [-0.39, 0.29) is 11.7 Å². The summed E-state index contributed by atoms with van der Waals surface area (Å²) in [5.74, 6) is 0.668. The van der Waals surface area contributed by atoms with Crippen LogP contribution in [0.15, 0.2) is 47.3 Å². The van der Waals surface area contributed by atoms with Crippen molar-refractivity contribution >= 4 is 33.2 Å². The highest BCUT2D eigenvalue weighted by molar-refractivity contribution is 7.20. The van der Waals surface area contributed by atoms with Gasteiger partial charge in [-0.2, -0.15) is 0 Å². The molecule has 26 heavy (non-hydrogen) atoms. The van der Waals surface area contributed by atoms with Crippen molar-refractivity contribution in [1.82, 2.24) is 9.97 Å². The third-order valence-electron chi connectivity index (χ3n) is 4.14. The Kier molecular flexibility index (Phi) is 4.49. The summed E-state index contributed by atoms with van der Waals surface area (Å²) >= 11 is 1.38. The van der Waals surface area contributed by atoms with Crippen LogP contribution in [0.25, 0.3) is 11.5 Å². The van der Waals surface area contributed by atoms with Crippen LogP contribution in [-0.2, 0) is 4.79 Å². The van der Waals surface area contributed by atoms with E-state index in [0.29, 0.717) is 48.1 Å². The minimum atomic E-state index is -0.243. The fourth-order valence-electron chi connectivity index (χ4n) is 2.79. The van der Waals surface area contributed by atoms with Crippen LogP contribution in [0, 0.1) is 0 Å². The molecule has 1 fully saturated rings. The lowest BCUT2D eigenvalue weighted by molar-refractivity contribution is -0.119. The van der Waals surface area contributed by atoms with E-state index >= 15 is 0 Å². The van der Waals surface area contributed by atoms with Gasteiger partial charge in [0.15, 0.2) is 10.9 Å². The van der Waals surface area contributed by atoms with Crippen molar-refractivity contribution < 1.29 is 14.0 Å². The molecule has 1 N–H and O–H groups in total. The second kappa shape index (κ2) is 7.09. The zero-order chi connectivity index (χ0) is 17.9. The summed E-state index contributed by atoms with van der Waals surface area (Å²) in [4.78, 5) is 34.5. The molecule has 4 rings (SSSR count). The van der Waals surface area contributed by atoms with Gasteiger partial charge in [-0.3, -0.25) is 19.9 Å². The molecule has 0 saturated carbocycles. The summed E-state index contributed by atoms with van der Waals surface area (Å²) in [5.41, 5.74) is 1.19. The van der Waals surface area contributed by atoms with Crippen molar-refractivity contribution in [2.24, 2.45) is 0 Å². The molecule has 0 aliphatic carbocycles. The van der Waals surface area contributed by atoms with Crippen LogP contribution >= 0.6 is 11.3 Å². The SMILES string of the molecule is O=C1CCN(c2sc(NC(=O)c3ccncc3)nc2-c2ccco2)CC1.